The number of rotatable bonds is 6. The molecule has 0 aromatic heterocycles. The average Bonchev–Trinajstić information content (AvgIpc) is 2.35. The molecule has 0 saturated carbocycles. The maximum atomic E-state index is 12.9. The molecular formula is C9H4F14O. The van der Waals surface area contributed by atoms with Crippen molar-refractivity contribution in [3.05, 3.63) is 0 Å². The smallest absolute Gasteiger partial charge is 0.296 e. The van der Waals surface area contributed by atoms with Crippen molar-refractivity contribution >= 4 is 5.78 Å². The Hall–Kier alpha value is -1.31. The van der Waals surface area contributed by atoms with Gasteiger partial charge in [-0.1, -0.05) is 0 Å². The highest BCUT2D eigenvalue weighted by Gasteiger charge is 2.91. The van der Waals surface area contributed by atoms with E-state index in [-0.39, 0.29) is 6.92 Å². The van der Waals surface area contributed by atoms with Gasteiger partial charge in [0.15, 0.2) is 5.78 Å². The molecule has 0 aliphatic heterocycles. The molecule has 0 fully saturated rings. The molecule has 1 nitrogen and oxygen atoms in total. The fourth-order valence-corrected chi connectivity index (χ4v) is 1.20. The third-order valence-corrected chi connectivity index (χ3v) is 2.63. The predicted molar refractivity (Wildman–Crippen MR) is 46.4 cm³/mol. The number of hydrogen-bond donors (Lipinski definition) is 0. The van der Waals surface area contributed by atoms with Gasteiger partial charge in [-0.15, -0.1) is 0 Å². The SMILES string of the molecule is CC(=O)C(F)C(F)(F)C(F)(F)C(F)(F)C(F)(F)C(F)(F)C(F)(F)F. The van der Waals surface area contributed by atoms with Gasteiger partial charge in [0, 0.05) is 0 Å². The highest BCUT2D eigenvalue weighted by Crippen LogP contribution is 2.60. The first-order chi connectivity index (χ1) is 10.1. The molecule has 0 heterocycles. The van der Waals surface area contributed by atoms with Gasteiger partial charge in [0.2, 0.25) is 6.17 Å². The van der Waals surface area contributed by atoms with Gasteiger partial charge in [-0.05, 0) is 6.92 Å². The number of ketones is 1. The quantitative estimate of drug-likeness (QED) is 0.600. The van der Waals surface area contributed by atoms with E-state index in [0.29, 0.717) is 0 Å². The van der Waals surface area contributed by atoms with Crippen molar-refractivity contribution in [1.82, 2.24) is 0 Å². The van der Waals surface area contributed by atoms with Crippen LogP contribution in [0.4, 0.5) is 61.5 Å². The summed E-state index contributed by atoms with van der Waals surface area (Å²) in [6, 6.07) is 0. The van der Waals surface area contributed by atoms with E-state index in [1.54, 1.807) is 0 Å². The summed E-state index contributed by atoms with van der Waals surface area (Å²) >= 11 is 0. The molecule has 15 heteroatoms. The molecule has 0 bridgehead atoms. The van der Waals surface area contributed by atoms with Gasteiger partial charge in [0.1, 0.15) is 0 Å². The Morgan fingerprint density at radius 2 is 0.917 bits per heavy atom. The van der Waals surface area contributed by atoms with E-state index >= 15 is 0 Å². The minimum absolute atomic E-state index is 0.213. The number of carbonyl (C=O) groups is 1. The largest absolute Gasteiger partial charge is 0.460 e. The lowest BCUT2D eigenvalue weighted by atomic mass is 9.91. The molecule has 24 heavy (non-hydrogen) atoms. The van der Waals surface area contributed by atoms with Crippen molar-refractivity contribution in [2.24, 2.45) is 0 Å². The van der Waals surface area contributed by atoms with Gasteiger partial charge in [-0.25, -0.2) is 4.39 Å². The van der Waals surface area contributed by atoms with Gasteiger partial charge in [-0.3, -0.25) is 4.79 Å². The molecule has 0 spiro atoms. The summed E-state index contributed by atoms with van der Waals surface area (Å²) in [4.78, 5) is 10.2. The molecule has 0 aromatic carbocycles. The summed E-state index contributed by atoms with van der Waals surface area (Å²) in [5, 5.41) is 0. The topological polar surface area (TPSA) is 17.1 Å². The molecule has 0 N–H and O–H groups in total. The molecule has 0 saturated heterocycles. The normalized spacial score (nSPS) is 17.0. The van der Waals surface area contributed by atoms with Gasteiger partial charge in [0.25, 0.3) is 0 Å². The van der Waals surface area contributed by atoms with E-state index in [1.165, 1.54) is 0 Å². The van der Waals surface area contributed by atoms with E-state index in [4.69, 9.17) is 0 Å². The summed E-state index contributed by atoms with van der Waals surface area (Å²) in [7, 11) is 0. The second-order valence-corrected chi connectivity index (χ2v) is 4.39. The summed E-state index contributed by atoms with van der Waals surface area (Å²) < 4.78 is 175. The van der Waals surface area contributed by atoms with E-state index in [0.717, 1.165) is 0 Å². The molecule has 1 unspecified atom stereocenters. The van der Waals surface area contributed by atoms with Crippen LogP contribution in [0.15, 0.2) is 0 Å². The van der Waals surface area contributed by atoms with Crippen molar-refractivity contribution in [2.75, 3.05) is 0 Å². The number of Topliss-reactive ketones (excluding diaryl/α,β-unsaturated/α-hetero) is 1. The van der Waals surface area contributed by atoms with Crippen molar-refractivity contribution in [1.29, 1.82) is 0 Å². The third-order valence-electron chi connectivity index (χ3n) is 2.63. The molecule has 0 aliphatic carbocycles. The lowest BCUT2D eigenvalue weighted by Gasteiger charge is -2.40. The number of hydrogen-bond acceptors (Lipinski definition) is 1. The van der Waals surface area contributed by atoms with Gasteiger partial charge < -0.3 is 0 Å². The summed E-state index contributed by atoms with van der Waals surface area (Å²) in [5.41, 5.74) is 0. The van der Waals surface area contributed by atoms with E-state index < -0.39 is 47.7 Å². The molecule has 1 atom stereocenters. The fraction of sp³-hybridized carbons (Fsp3) is 0.889. The van der Waals surface area contributed by atoms with Crippen LogP contribution in [0.5, 0.6) is 0 Å². The van der Waals surface area contributed by atoms with Crippen LogP contribution in [0.2, 0.25) is 0 Å². The minimum atomic E-state index is -8.11. The first kappa shape index (κ1) is 22.7. The van der Waals surface area contributed by atoms with Gasteiger partial charge in [0.05, 0.1) is 0 Å². The van der Waals surface area contributed by atoms with Crippen LogP contribution in [0.1, 0.15) is 6.92 Å². The van der Waals surface area contributed by atoms with E-state index in [9.17, 15) is 66.3 Å². The fourth-order valence-electron chi connectivity index (χ4n) is 1.20. The average molecular weight is 394 g/mol. The van der Waals surface area contributed by atoms with Gasteiger partial charge in [-0.2, -0.15) is 57.1 Å². The first-order valence-electron chi connectivity index (χ1n) is 5.21. The summed E-state index contributed by atoms with van der Waals surface area (Å²) in [6.07, 6.45) is -12.4. The molecular weight excluding hydrogens is 390 g/mol. The van der Waals surface area contributed by atoms with Crippen molar-refractivity contribution < 1.29 is 66.3 Å². The van der Waals surface area contributed by atoms with Crippen LogP contribution in [-0.2, 0) is 4.79 Å². The monoisotopic (exact) mass is 394 g/mol. The van der Waals surface area contributed by atoms with Crippen molar-refractivity contribution in [3.8, 4) is 0 Å². The maximum absolute atomic E-state index is 12.9. The van der Waals surface area contributed by atoms with Crippen LogP contribution in [0, 0.1) is 0 Å². The Bertz CT molecular complexity index is 489. The van der Waals surface area contributed by atoms with Crippen LogP contribution >= 0.6 is 0 Å². The molecule has 0 rings (SSSR count). The van der Waals surface area contributed by atoms with Crippen LogP contribution in [0.25, 0.3) is 0 Å². The van der Waals surface area contributed by atoms with E-state index in [1.807, 2.05) is 0 Å². The molecule has 0 aliphatic rings. The molecule has 0 aromatic rings. The standard InChI is InChI=1S/C9H4F14O/c1-2(24)3(10)4(11,12)5(13,14)6(15,16)7(17,18)8(19,20)9(21,22)23/h3H,1H3. The highest BCUT2D eigenvalue weighted by atomic mass is 19.4. The molecule has 0 amide bonds. The van der Waals surface area contributed by atoms with Crippen molar-refractivity contribution in [2.45, 2.75) is 48.9 Å². The zero-order valence-electron chi connectivity index (χ0n) is 10.8. The van der Waals surface area contributed by atoms with Gasteiger partial charge >= 0.3 is 35.8 Å². The van der Waals surface area contributed by atoms with Crippen molar-refractivity contribution in [3.63, 3.8) is 0 Å². The Labute approximate surface area is 122 Å². The first-order valence-corrected chi connectivity index (χ1v) is 5.21. The highest BCUT2D eigenvalue weighted by molar-refractivity contribution is 5.81. The maximum Gasteiger partial charge on any atom is 0.460 e. The Morgan fingerprint density at radius 3 is 1.17 bits per heavy atom. The lowest BCUT2D eigenvalue weighted by Crippen LogP contribution is -2.71. The zero-order chi connectivity index (χ0) is 20.2. The number of carbonyl (C=O) groups excluding carboxylic acids is 1. The van der Waals surface area contributed by atoms with Crippen LogP contribution < -0.4 is 0 Å². The second kappa shape index (κ2) is 5.61. The van der Waals surface area contributed by atoms with E-state index in [2.05, 4.69) is 0 Å². The van der Waals surface area contributed by atoms with Crippen LogP contribution in [0.3, 0.4) is 0 Å². The summed E-state index contributed by atoms with van der Waals surface area (Å²) in [5.74, 6) is -41.5. The predicted octanol–water partition coefficient (Wildman–Crippen LogP) is 4.65. The molecule has 0 radical (unpaired) electrons. The molecule has 144 valence electrons. The summed E-state index contributed by atoms with van der Waals surface area (Å²) in [6.45, 7) is -0.213. The third kappa shape index (κ3) is 2.78. The Kier molecular flexibility index (Phi) is 5.30. The Morgan fingerprint density at radius 1 is 0.625 bits per heavy atom. The van der Waals surface area contributed by atoms with Crippen LogP contribution in [-0.4, -0.2) is 47.7 Å². The lowest BCUT2D eigenvalue weighted by molar-refractivity contribution is -0.441. The second-order valence-electron chi connectivity index (χ2n) is 4.39. The number of halogens is 14. The minimum Gasteiger partial charge on any atom is -0.296 e. The zero-order valence-corrected chi connectivity index (χ0v) is 10.8. The number of alkyl halides is 14. The Balaban J connectivity index is 6.36.